The minimum absolute atomic E-state index is 0.0357. The van der Waals surface area contributed by atoms with Gasteiger partial charge in [-0.1, -0.05) is 197 Å². The lowest BCUT2D eigenvalue weighted by molar-refractivity contribution is -0.134. The molecule has 2 spiro atoms. The van der Waals surface area contributed by atoms with Gasteiger partial charge in [0.2, 0.25) is 0 Å². The van der Waals surface area contributed by atoms with E-state index in [2.05, 4.69) is 161 Å². The van der Waals surface area contributed by atoms with Crippen LogP contribution >= 0.6 is 55.1 Å². The summed E-state index contributed by atoms with van der Waals surface area (Å²) in [6, 6.07) is 24.8. The molecule has 4 saturated heterocycles. The number of hydrogen-bond donors (Lipinski definition) is 1. The summed E-state index contributed by atoms with van der Waals surface area (Å²) in [5.74, 6) is 1.36. The molecule has 4 fully saturated rings. The van der Waals surface area contributed by atoms with Crippen molar-refractivity contribution in [3.05, 3.63) is 173 Å². The number of halogens is 2. The summed E-state index contributed by atoms with van der Waals surface area (Å²) in [4.78, 5) is 40.1. The van der Waals surface area contributed by atoms with Gasteiger partial charge in [-0.2, -0.15) is 0 Å². The van der Waals surface area contributed by atoms with Crippen LogP contribution in [0.4, 0.5) is 0 Å². The maximum atomic E-state index is 13.6. The summed E-state index contributed by atoms with van der Waals surface area (Å²) in [7, 11) is -5.84. The molecule has 7 heterocycles. The highest BCUT2D eigenvalue weighted by Gasteiger charge is 2.48. The first-order valence-electron chi connectivity index (χ1n) is 35.8. The fourth-order valence-corrected chi connectivity index (χ4v) is 18.9. The van der Waals surface area contributed by atoms with Crippen molar-refractivity contribution in [1.29, 1.82) is 0 Å². The molecule has 1 N–H and O–H groups in total. The number of hydrogen-bond acceptors (Lipinski definition) is 17. The second kappa shape index (κ2) is 30.1. The maximum absolute atomic E-state index is 13.6. The fourth-order valence-electron chi connectivity index (χ4n) is 13.9. The van der Waals surface area contributed by atoms with E-state index < -0.39 is 55.8 Å². The number of rotatable bonds is 7. The zero-order valence-electron chi connectivity index (χ0n) is 65.3. The van der Waals surface area contributed by atoms with Gasteiger partial charge in [-0.25, -0.2) is 0 Å². The van der Waals surface area contributed by atoms with Crippen molar-refractivity contribution in [2.75, 3.05) is 52.9 Å². The molecule has 3 atom stereocenters. The van der Waals surface area contributed by atoms with E-state index in [-0.39, 0.29) is 61.6 Å². The Balaban J connectivity index is 0.000000223. The standard InChI is InChI=1S/C53H66O10P2.C24H30O3.C5H8Cl2O4P2/c1-29-17-33(41-37-21-35(49(5,6)7)23-39(51(11,12)13)45(37)60-47(41)54)18-30(2)43(29)62-64-56-25-53(26-57-64)27-58-65(59-28-53)63-44-31(3)19-34(20-32(44)4)42-38-22-36(50(8,9)10)24-40(52(14,15)16)46(38)61-48(42)55;1-13-9-15(10-14(2)20(13)25)19-17-11-16(23(3,4)5)12-18(24(6,7)8)21(17)27-22(19)26;6-12-8-1-5(2-9-12)3-10-13(7)11-4-5/h17-24,41-42H,25-28H2,1-16H3;9-12,19,25H,1-8H3;1-4H2. The minimum Gasteiger partial charge on any atom is -0.507 e. The summed E-state index contributed by atoms with van der Waals surface area (Å²) < 4.78 is 76.5. The highest BCUT2D eigenvalue weighted by Crippen LogP contribution is 2.59. The lowest BCUT2D eigenvalue weighted by Crippen LogP contribution is -2.45. The first-order chi connectivity index (χ1) is 48.6. The smallest absolute Gasteiger partial charge is 0.397 e. The number of fused-ring (bicyclic) bond motifs is 3. The van der Waals surface area contributed by atoms with Crippen molar-refractivity contribution in [3.8, 4) is 34.5 Å². The second-order valence-corrected chi connectivity index (χ2v) is 41.4. The third kappa shape index (κ3) is 17.5. The highest BCUT2D eigenvalue weighted by atomic mass is 35.7. The Morgan fingerprint density at radius 2 is 0.581 bits per heavy atom. The van der Waals surface area contributed by atoms with E-state index in [0.717, 1.165) is 83.5 Å². The van der Waals surface area contributed by atoms with E-state index in [9.17, 15) is 19.5 Å². The van der Waals surface area contributed by atoms with Crippen LogP contribution in [0, 0.1) is 52.4 Å². The average molecular weight is 1560 g/mol. The van der Waals surface area contributed by atoms with Gasteiger partial charge in [0.25, 0.3) is 15.5 Å². The Morgan fingerprint density at radius 3 is 0.810 bits per heavy atom. The van der Waals surface area contributed by atoms with Gasteiger partial charge in [0.05, 0.1) is 63.7 Å². The topological polar surface area (TPSA) is 191 Å². The number of carbonyl (C=O) groups excluding carboxylic acids is 3. The zero-order valence-corrected chi connectivity index (χ0v) is 70.4. The van der Waals surface area contributed by atoms with Crippen molar-refractivity contribution in [3.63, 3.8) is 0 Å². The molecule has 0 amide bonds. The largest absolute Gasteiger partial charge is 0.507 e. The molecule has 0 aromatic heterocycles. The van der Waals surface area contributed by atoms with Gasteiger partial charge in [-0.05, 0) is 163 Å². The van der Waals surface area contributed by atoms with Gasteiger partial charge >= 0.3 is 35.1 Å². The van der Waals surface area contributed by atoms with E-state index in [1.54, 1.807) is 0 Å². The first-order valence-corrected chi connectivity index (χ1v) is 42.2. The quantitative estimate of drug-likeness (QED) is 0.0901. The molecule has 6 aromatic carbocycles. The van der Waals surface area contributed by atoms with Gasteiger partial charge in [0.1, 0.15) is 52.3 Å². The fraction of sp³-hybridized carbons (Fsp3) is 0.524. The van der Waals surface area contributed by atoms with Crippen molar-refractivity contribution >= 4 is 73.1 Å². The lowest BCUT2D eigenvalue weighted by Gasteiger charge is -2.41. The number of esters is 3. The first kappa shape index (κ1) is 81.1. The third-order valence-electron chi connectivity index (χ3n) is 20.2. The Labute approximate surface area is 635 Å². The van der Waals surface area contributed by atoms with E-state index in [4.69, 9.17) is 81.9 Å². The van der Waals surface area contributed by atoms with Crippen molar-refractivity contribution < 1.29 is 78.9 Å². The van der Waals surface area contributed by atoms with Crippen LogP contribution in [0.15, 0.2) is 72.8 Å². The van der Waals surface area contributed by atoms with E-state index >= 15 is 0 Å². The summed E-state index contributed by atoms with van der Waals surface area (Å²) in [5.41, 5.74) is 15.6. The van der Waals surface area contributed by atoms with Crippen LogP contribution in [0.5, 0.6) is 34.5 Å². The number of phenols is 1. The van der Waals surface area contributed by atoms with E-state index in [0.29, 0.717) is 81.6 Å². The number of ether oxygens (including phenoxy) is 3. The summed E-state index contributed by atoms with van der Waals surface area (Å²) in [6.45, 7) is 54.1. The SMILES string of the molecule is Cc1cc(C2C(=O)Oc3c2cc(C(C)(C)C)cc3C(C)(C)C)cc(C)c1O.Cc1cc(C2C(=O)Oc3c2cc(C(C)(C)C)cc3C(C)(C)C)cc(C)c1OP1OCC2(CO1)COP(Oc1c(C)cc(C3C(=O)Oc4c3cc(C(C)(C)C)cc4C(C)(C)C)cc1C)OC2.ClP1OCC2(CO1)COP(Cl)OC2. The summed E-state index contributed by atoms with van der Waals surface area (Å²) in [6.07, 6.45) is 0. The van der Waals surface area contributed by atoms with Gasteiger partial charge in [0.15, 0.2) is 0 Å². The third-order valence-corrected chi connectivity index (χ3v) is 24.7. The van der Waals surface area contributed by atoms with Crippen LogP contribution in [-0.4, -0.2) is 75.9 Å². The molecular formula is C82H104Cl2O17P4. The number of aromatic hydroxyl groups is 1. The number of benzene rings is 6. The molecule has 17 nitrogen and oxygen atoms in total. The molecular weight excluding hydrogens is 1450 g/mol. The predicted molar refractivity (Wildman–Crippen MR) is 416 cm³/mol. The molecule has 3 unspecified atom stereocenters. The molecule has 0 bridgehead atoms. The molecule has 13 rings (SSSR count). The van der Waals surface area contributed by atoms with Crippen LogP contribution in [0.2, 0.25) is 0 Å². The van der Waals surface area contributed by atoms with Crippen LogP contribution in [0.1, 0.15) is 243 Å². The number of phenolic OH excluding ortho intramolecular Hbond substituents is 1. The minimum atomic E-state index is -1.70. The summed E-state index contributed by atoms with van der Waals surface area (Å²) in [5, 5.41) is 10.1. The monoisotopic (exact) mass is 1550 g/mol. The maximum Gasteiger partial charge on any atom is 0.397 e. The van der Waals surface area contributed by atoms with E-state index in [1.165, 1.54) is 16.7 Å². The van der Waals surface area contributed by atoms with Crippen molar-refractivity contribution in [1.82, 2.24) is 0 Å². The molecule has 6 aromatic rings. The van der Waals surface area contributed by atoms with Crippen molar-refractivity contribution in [2.45, 2.75) is 216 Å². The normalized spacial score (nSPS) is 24.7. The van der Waals surface area contributed by atoms with Crippen LogP contribution < -0.4 is 23.3 Å². The lowest BCUT2D eigenvalue weighted by atomic mass is 9.77. The van der Waals surface area contributed by atoms with Gasteiger partial charge < -0.3 is 64.6 Å². The predicted octanol–water partition coefficient (Wildman–Crippen LogP) is 21.9. The van der Waals surface area contributed by atoms with Crippen LogP contribution in [0.25, 0.3) is 0 Å². The molecule has 568 valence electrons. The molecule has 23 heteroatoms. The van der Waals surface area contributed by atoms with Crippen LogP contribution in [-0.2, 0) is 83.1 Å². The van der Waals surface area contributed by atoms with Gasteiger partial charge in [-0.15, -0.1) is 0 Å². The Kier molecular flexibility index (Phi) is 23.2. The van der Waals surface area contributed by atoms with E-state index in [1.807, 2.05) is 77.9 Å². The molecule has 7 aliphatic rings. The Morgan fingerprint density at radius 1 is 0.352 bits per heavy atom. The van der Waals surface area contributed by atoms with Crippen molar-refractivity contribution in [2.24, 2.45) is 10.8 Å². The second-order valence-electron chi connectivity index (χ2n) is 35.6. The molecule has 0 aliphatic carbocycles. The summed E-state index contributed by atoms with van der Waals surface area (Å²) >= 11 is 11.3. The molecule has 105 heavy (non-hydrogen) atoms. The average Bonchev–Trinajstić information content (AvgIpc) is 1.64. The van der Waals surface area contributed by atoms with Gasteiger partial charge in [0, 0.05) is 33.4 Å². The molecule has 7 aliphatic heterocycles. The molecule has 0 saturated carbocycles. The van der Waals surface area contributed by atoms with Gasteiger partial charge in [-0.3, -0.25) is 14.4 Å². The molecule has 0 radical (unpaired) electrons. The Hall–Kier alpha value is -4.89. The zero-order chi connectivity index (χ0) is 77.0. The number of carbonyl (C=O) groups is 3. The van der Waals surface area contributed by atoms with Crippen LogP contribution in [0.3, 0.4) is 0 Å². The number of aryl methyl sites for hydroxylation is 6. The highest BCUT2D eigenvalue weighted by molar-refractivity contribution is 7.76. The Bertz CT molecular complexity index is 4050.